The number of rotatable bonds is 4. The predicted molar refractivity (Wildman–Crippen MR) is 124 cm³/mol. The third-order valence-corrected chi connectivity index (χ3v) is 6.12. The lowest BCUT2D eigenvalue weighted by Crippen LogP contribution is -2.16. The average molecular weight is 432 g/mol. The standard InChI is InChI=1S/C24H18BrNS/c1-15(8-9-18-14-26-23-13-19(25)10-11-20(18)23)16(2)12-22-17(3)27-24-7-5-4-6-21(22)24/h4-14,26H,1-3H2/b9-8-,22-12+. The van der Waals surface area contributed by atoms with Gasteiger partial charge in [-0.3, -0.25) is 0 Å². The van der Waals surface area contributed by atoms with E-state index in [1.807, 2.05) is 18.3 Å². The number of H-pyrrole nitrogens is 1. The third kappa shape index (κ3) is 3.48. The van der Waals surface area contributed by atoms with E-state index in [0.29, 0.717) is 0 Å². The van der Waals surface area contributed by atoms with Crippen molar-refractivity contribution in [2.75, 3.05) is 0 Å². The van der Waals surface area contributed by atoms with Gasteiger partial charge in [0.1, 0.15) is 0 Å². The van der Waals surface area contributed by atoms with Gasteiger partial charge in [-0.05, 0) is 41.0 Å². The van der Waals surface area contributed by atoms with Gasteiger partial charge in [0, 0.05) is 41.4 Å². The van der Waals surface area contributed by atoms with Crippen molar-refractivity contribution in [2.24, 2.45) is 0 Å². The minimum Gasteiger partial charge on any atom is -0.361 e. The van der Waals surface area contributed by atoms with Crippen molar-refractivity contribution in [3.8, 4) is 0 Å². The van der Waals surface area contributed by atoms with Gasteiger partial charge in [0.15, 0.2) is 0 Å². The molecule has 4 rings (SSSR count). The molecule has 3 heteroatoms. The maximum atomic E-state index is 4.21. The van der Waals surface area contributed by atoms with Crippen LogP contribution < -0.4 is 9.75 Å². The van der Waals surface area contributed by atoms with Gasteiger partial charge in [-0.2, -0.15) is 0 Å². The number of nitrogens with one attached hydrogen (secondary N) is 1. The second-order valence-electron chi connectivity index (χ2n) is 6.40. The van der Waals surface area contributed by atoms with Gasteiger partial charge in [0.2, 0.25) is 0 Å². The van der Waals surface area contributed by atoms with Crippen molar-refractivity contribution in [3.05, 3.63) is 98.8 Å². The molecular weight excluding hydrogens is 414 g/mol. The van der Waals surface area contributed by atoms with Gasteiger partial charge in [-0.1, -0.05) is 72.1 Å². The Morgan fingerprint density at radius 1 is 1.04 bits per heavy atom. The Balaban J connectivity index is 1.64. The highest BCUT2D eigenvalue weighted by molar-refractivity contribution is 9.10. The van der Waals surface area contributed by atoms with E-state index in [1.54, 1.807) is 11.3 Å². The number of thiophene rings is 1. The molecule has 0 spiro atoms. The molecule has 0 aliphatic rings. The first kappa shape index (κ1) is 17.8. The summed E-state index contributed by atoms with van der Waals surface area (Å²) in [5.74, 6) is 0. The first-order valence-corrected chi connectivity index (χ1v) is 10.1. The summed E-state index contributed by atoms with van der Waals surface area (Å²) in [6.45, 7) is 12.6. The molecular formula is C24H18BrNS. The highest BCUT2D eigenvalue weighted by Gasteiger charge is 2.03. The van der Waals surface area contributed by atoms with Crippen LogP contribution in [0.1, 0.15) is 5.56 Å². The van der Waals surface area contributed by atoms with Gasteiger partial charge in [-0.25, -0.2) is 0 Å². The molecule has 0 atom stereocenters. The monoisotopic (exact) mass is 431 g/mol. The Morgan fingerprint density at radius 2 is 1.85 bits per heavy atom. The predicted octanol–water partition coefficient (Wildman–Crippen LogP) is 6.16. The van der Waals surface area contributed by atoms with Crippen LogP contribution in [0.3, 0.4) is 0 Å². The number of hydrogen-bond acceptors (Lipinski definition) is 1. The van der Waals surface area contributed by atoms with Crippen molar-refractivity contribution in [2.45, 2.75) is 0 Å². The van der Waals surface area contributed by atoms with Crippen molar-refractivity contribution in [1.82, 2.24) is 4.98 Å². The third-order valence-electron chi connectivity index (χ3n) is 4.58. The lowest BCUT2D eigenvalue weighted by atomic mass is 10.1. The van der Waals surface area contributed by atoms with E-state index in [-0.39, 0.29) is 0 Å². The summed E-state index contributed by atoms with van der Waals surface area (Å²) in [6, 6.07) is 14.6. The second kappa shape index (κ2) is 7.18. The minimum absolute atomic E-state index is 0.885. The number of aromatic nitrogens is 1. The van der Waals surface area contributed by atoms with Crippen LogP contribution in [-0.4, -0.2) is 4.98 Å². The van der Waals surface area contributed by atoms with Crippen LogP contribution in [-0.2, 0) is 0 Å². The molecule has 0 aliphatic carbocycles. The molecule has 0 aliphatic heterocycles. The highest BCUT2D eigenvalue weighted by atomic mass is 79.9. The number of hydrogen-bond donors (Lipinski definition) is 1. The molecule has 0 bridgehead atoms. The van der Waals surface area contributed by atoms with Gasteiger partial charge >= 0.3 is 0 Å². The van der Waals surface area contributed by atoms with E-state index in [2.05, 4.69) is 89.2 Å². The van der Waals surface area contributed by atoms with Crippen LogP contribution in [0, 0.1) is 0 Å². The molecule has 0 unspecified atom stereocenters. The fourth-order valence-electron chi connectivity index (χ4n) is 3.10. The molecule has 1 N–H and O–H groups in total. The Hall–Kier alpha value is -2.62. The van der Waals surface area contributed by atoms with E-state index in [4.69, 9.17) is 0 Å². The van der Waals surface area contributed by atoms with Crippen molar-refractivity contribution in [1.29, 1.82) is 0 Å². The Labute approximate surface area is 170 Å². The molecule has 2 heterocycles. The first-order chi connectivity index (χ1) is 13.0. The topological polar surface area (TPSA) is 15.8 Å². The number of halogens is 1. The molecule has 0 fully saturated rings. The molecule has 0 radical (unpaired) electrons. The Kier molecular flexibility index (Phi) is 4.73. The number of allylic oxidation sites excluding steroid dienone is 3. The zero-order valence-corrected chi connectivity index (χ0v) is 17.2. The van der Waals surface area contributed by atoms with E-state index in [0.717, 1.165) is 36.5 Å². The summed E-state index contributed by atoms with van der Waals surface area (Å²) in [7, 11) is 0. The quantitative estimate of drug-likeness (QED) is 0.372. The van der Waals surface area contributed by atoms with Gasteiger partial charge in [0.25, 0.3) is 0 Å². The summed E-state index contributed by atoms with van der Waals surface area (Å²) in [6.07, 6.45) is 8.18. The molecule has 2 aromatic carbocycles. The van der Waals surface area contributed by atoms with Crippen LogP contribution in [0.15, 0.2) is 83.5 Å². The van der Waals surface area contributed by atoms with E-state index >= 15 is 0 Å². The molecule has 2 aromatic heterocycles. The molecule has 27 heavy (non-hydrogen) atoms. The minimum atomic E-state index is 0.885. The molecule has 132 valence electrons. The summed E-state index contributed by atoms with van der Waals surface area (Å²) >= 11 is 5.21. The van der Waals surface area contributed by atoms with Crippen LogP contribution in [0.25, 0.3) is 39.7 Å². The summed E-state index contributed by atoms with van der Waals surface area (Å²) in [4.78, 5) is 3.30. The van der Waals surface area contributed by atoms with Crippen molar-refractivity contribution in [3.63, 3.8) is 0 Å². The highest BCUT2D eigenvalue weighted by Crippen LogP contribution is 2.24. The van der Waals surface area contributed by atoms with Gasteiger partial charge in [0.05, 0.1) is 0 Å². The SMILES string of the molecule is C=C(/C=C\c1c[nH]c2cc(Br)ccc12)C(=C)/C=c1\c(=C)sc2ccccc12. The Bertz CT molecular complexity index is 1330. The van der Waals surface area contributed by atoms with E-state index < -0.39 is 0 Å². The van der Waals surface area contributed by atoms with Crippen LogP contribution in [0.4, 0.5) is 0 Å². The molecule has 0 saturated heterocycles. The lowest BCUT2D eigenvalue weighted by molar-refractivity contribution is 1.47. The molecule has 4 aromatic rings. The normalized spacial score (nSPS) is 12.4. The average Bonchev–Trinajstić information content (AvgIpc) is 3.20. The van der Waals surface area contributed by atoms with Crippen LogP contribution >= 0.6 is 27.3 Å². The fraction of sp³-hybridized carbons (Fsp3) is 0. The fourth-order valence-corrected chi connectivity index (χ4v) is 4.44. The number of aromatic amines is 1. The number of benzene rings is 2. The van der Waals surface area contributed by atoms with Crippen molar-refractivity contribution >= 4 is 67.0 Å². The van der Waals surface area contributed by atoms with Crippen LogP contribution in [0.5, 0.6) is 0 Å². The molecule has 1 nitrogen and oxygen atoms in total. The van der Waals surface area contributed by atoms with E-state index in [1.165, 1.54) is 15.5 Å². The zero-order valence-electron chi connectivity index (χ0n) is 14.8. The second-order valence-corrected chi connectivity index (χ2v) is 8.45. The van der Waals surface area contributed by atoms with Crippen molar-refractivity contribution < 1.29 is 0 Å². The molecule has 0 saturated carbocycles. The smallest absolute Gasteiger partial charge is 0.0471 e. The Morgan fingerprint density at radius 3 is 2.70 bits per heavy atom. The lowest BCUT2D eigenvalue weighted by Gasteiger charge is -1.99. The first-order valence-electron chi connectivity index (χ1n) is 8.54. The number of fused-ring (bicyclic) bond motifs is 2. The largest absolute Gasteiger partial charge is 0.361 e. The maximum absolute atomic E-state index is 4.21. The summed E-state index contributed by atoms with van der Waals surface area (Å²) in [5.41, 5.74) is 4.01. The zero-order chi connectivity index (χ0) is 19.0. The van der Waals surface area contributed by atoms with E-state index in [9.17, 15) is 0 Å². The molecule has 0 amide bonds. The summed E-state index contributed by atoms with van der Waals surface area (Å²) in [5, 5.41) is 3.53. The maximum Gasteiger partial charge on any atom is 0.0471 e. The summed E-state index contributed by atoms with van der Waals surface area (Å²) < 4.78 is 3.36. The van der Waals surface area contributed by atoms with Gasteiger partial charge in [-0.15, -0.1) is 11.3 Å². The van der Waals surface area contributed by atoms with Crippen LogP contribution in [0.2, 0.25) is 0 Å². The van der Waals surface area contributed by atoms with Gasteiger partial charge < -0.3 is 4.98 Å².